The summed E-state index contributed by atoms with van der Waals surface area (Å²) in [6, 6.07) is 1.84. The first kappa shape index (κ1) is 11.4. The number of hydrogen-bond acceptors (Lipinski definition) is 6. The van der Waals surface area contributed by atoms with E-state index in [0.29, 0.717) is 43.5 Å². The van der Waals surface area contributed by atoms with Crippen molar-refractivity contribution >= 4 is 0 Å². The molecule has 0 radical (unpaired) electrons. The summed E-state index contributed by atoms with van der Waals surface area (Å²) in [5, 5.41) is 8.17. The Kier molecular flexibility index (Phi) is 2.64. The molecule has 0 aromatic carbocycles. The average molecular weight is 249 g/mol. The summed E-state index contributed by atoms with van der Waals surface area (Å²) in [4.78, 5) is 4.36. The van der Waals surface area contributed by atoms with Gasteiger partial charge in [0, 0.05) is 26.5 Å². The van der Waals surface area contributed by atoms with Crippen LogP contribution in [0, 0.1) is 0 Å². The van der Waals surface area contributed by atoms with Gasteiger partial charge in [0.15, 0.2) is 0 Å². The van der Waals surface area contributed by atoms with Crippen LogP contribution in [0.1, 0.15) is 18.7 Å². The Labute approximate surface area is 104 Å². The number of nitrogens with zero attached hydrogens (tertiary/aromatic N) is 4. The summed E-state index contributed by atoms with van der Waals surface area (Å²) in [7, 11) is 1.84. The number of hydrogen-bond donors (Lipinski definition) is 1. The van der Waals surface area contributed by atoms with E-state index < -0.39 is 5.54 Å². The molecule has 0 amide bonds. The third-order valence-electron chi connectivity index (χ3n) is 3.18. The van der Waals surface area contributed by atoms with Crippen LogP contribution in [0.15, 0.2) is 16.8 Å². The van der Waals surface area contributed by atoms with E-state index in [1.54, 1.807) is 4.68 Å². The Morgan fingerprint density at radius 3 is 2.83 bits per heavy atom. The van der Waals surface area contributed by atoms with E-state index in [-0.39, 0.29) is 0 Å². The van der Waals surface area contributed by atoms with Gasteiger partial charge in [0.05, 0.1) is 0 Å². The summed E-state index contributed by atoms with van der Waals surface area (Å²) in [6.07, 6.45) is 3.21. The molecule has 7 heteroatoms. The molecule has 0 spiro atoms. The van der Waals surface area contributed by atoms with E-state index in [9.17, 15) is 0 Å². The van der Waals surface area contributed by atoms with Gasteiger partial charge in [-0.25, -0.2) is 0 Å². The van der Waals surface area contributed by atoms with Crippen LogP contribution in [0.3, 0.4) is 0 Å². The maximum absolute atomic E-state index is 6.28. The van der Waals surface area contributed by atoms with E-state index in [1.165, 1.54) is 0 Å². The van der Waals surface area contributed by atoms with Crippen molar-refractivity contribution in [3.05, 3.63) is 18.2 Å². The van der Waals surface area contributed by atoms with E-state index in [2.05, 4.69) is 15.2 Å². The lowest BCUT2D eigenvalue weighted by atomic mass is 9.91. The van der Waals surface area contributed by atoms with Crippen LogP contribution in [0.4, 0.5) is 0 Å². The fourth-order valence-corrected chi connectivity index (χ4v) is 2.01. The van der Waals surface area contributed by atoms with Gasteiger partial charge >= 0.3 is 0 Å². The summed E-state index contributed by atoms with van der Waals surface area (Å²) >= 11 is 0. The van der Waals surface area contributed by atoms with Gasteiger partial charge in [0.2, 0.25) is 11.7 Å². The summed E-state index contributed by atoms with van der Waals surface area (Å²) in [6.45, 7) is 1.25. The van der Waals surface area contributed by atoms with Crippen LogP contribution in [0.2, 0.25) is 0 Å². The molecule has 96 valence electrons. The monoisotopic (exact) mass is 249 g/mol. The molecule has 0 unspecified atom stereocenters. The number of rotatable bonds is 2. The molecule has 1 aliphatic heterocycles. The minimum absolute atomic E-state index is 0.464. The zero-order valence-electron chi connectivity index (χ0n) is 10.2. The molecule has 1 fully saturated rings. The lowest BCUT2D eigenvalue weighted by Gasteiger charge is -2.29. The van der Waals surface area contributed by atoms with Crippen LogP contribution in [0.5, 0.6) is 0 Å². The predicted octanol–water partition coefficient (Wildman–Crippen LogP) is 0.434. The normalized spacial score (nSPS) is 19.0. The Balaban J connectivity index is 1.89. The van der Waals surface area contributed by atoms with Crippen molar-refractivity contribution in [3.8, 4) is 11.5 Å². The second-order valence-corrected chi connectivity index (χ2v) is 4.57. The number of aromatic nitrogens is 4. The van der Waals surface area contributed by atoms with Gasteiger partial charge in [0.25, 0.3) is 0 Å². The third-order valence-corrected chi connectivity index (χ3v) is 3.18. The van der Waals surface area contributed by atoms with E-state index in [0.717, 1.165) is 0 Å². The Morgan fingerprint density at radius 2 is 2.17 bits per heavy atom. The van der Waals surface area contributed by atoms with Crippen LogP contribution >= 0.6 is 0 Å². The molecule has 18 heavy (non-hydrogen) atoms. The molecule has 1 saturated heterocycles. The summed E-state index contributed by atoms with van der Waals surface area (Å²) < 4.78 is 12.3. The molecule has 0 bridgehead atoms. The number of ether oxygens (including phenoxy) is 1. The zero-order valence-corrected chi connectivity index (χ0v) is 10.2. The quantitative estimate of drug-likeness (QED) is 0.830. The molecular formula is C11H15N5O2. The van der Waals surface area contributed by atoms with Gasteiger partial charge in [0.1, 0.15) is 11.2 Å². The van der Waals surface area contributed by atoms with Crippen molar-refractivity contribution in [3.63, 3.8) is 0 Å². The third kappa shape index (κ3) is 1.91. The second-order valence-electron chi connectivity index (χ2n) is 4.57. The highest BCUT2D eigenvalue weighted by Crippen LogP contribution is 2.29. The molecular weight excluding hydrogens is 234 g/mol. The van der Waals surface area contributed by atoms with Gasteiger partial charge in [-0.05, 0) is 18.9 Å². The van der Waals surface area contributed by atoms with Crippen molar-refractivity contribution in [2.45, 2.75) is 18.4 Å². The smallest absolute Gasteiger partial charge is 0.247 e. The molecule has 2 aromatic rings. The average Bonchev–Trinajstić information content (AvgIpc) is 2.98. The fourth-order valence-electron chi connectivity index (χ4n) is 2.01. The lowest BCUT2D eigenvalue weighted by Crippen LogP contribution is -2.42. The second kappa shape index (κ2) is 4.18. The largest absolute Gasteiger partial charge is 0.381 e. The minimum Gasteiger partial charge on any atom is -0.381 e. The maximum atomic E-state index is 6.28. The maximum Gasteiger partial charge on any atom is 0.247 e. The Morgan fingerprint density at radius 1 is 1.39 bits per heavy atom. The summed E-state index contributed by atoms with van der Waals surface area (Å²) in [5.41, 5.74) is 6.39. The number of nitrogens with two attached hydrogens (primary N) is 1. The highest BCUT2D eigenvalue weighted by atomic mass is 16.5. The molecule has 1 aliphatic rings. The van der Waals surface area contributed by atoms with Gasteiger partial charge in [-0.3, -0.25) is 4.68 Å². The van der Waals surface area contributed by atoms with E-state index in [4.69, 9.17) is 15.0 Å². The van der Waals surface area contributed by atoms with Crippen molar-refractivity contribution < 1.29 is 9.26 Å². The first-order chi connectivity index (χ1) is 8.67. The molecule has 3 heterocycles. The lowest BCUT2D eigenvalue weighted by molar-refractivity contribution is 0.0400. The molecule has 0 atom stereocenters. The molecule has 2 aromatic heterocycles. The highest BCUT2D eigenvalue weighted by Gasteiger charge is 2.36. The number of aryl methyl sites for hydroxylation is 1. The highest BCUT2D eigenvalue weighted by molar-refractivity contribution is 5.46. The standard InChI is InChI=1S/C11H15N5O2/c1-16-5-2-8(14-16)9-13-10(18-15-9)11(12)3-6-17-7-4-11/h2,5H,3-4,6-7,12H2,1H3. The van der Waals surface area contributed by atoms with Crippen molar-refractivity contribution in [2.24, 2.45) is 12.8 Å². The molecule has 7 nitrogen and oxygen atoms in total. The minimum atomic E-state index is -0.571. The summed E-state index contributed by atoms with van der Waals surface area (Å²) in [5.74, 6) is 0.938. The van der Waals surface area contributed by atoms with E-state index >= 15 is 0 Å². The van der Waals surface area contributed by atoms with Crippen molar-refractivity contribution in [1.29, 1.82) is 0 Å². The molecule has 2 N–H and O–H groups in total. The van der Waals surface area contributed by atoms with Gasteiger partial charge in [-0.2, -0.15) is 10.1 Å². The van der Waals surface area contributed by atoms with Gasteiger partial charge < -0.3 is 15.0 Å². The first-order valence-corrected chi connectivity index (χ1v) is 5.88. The van der Waals surface area contributed by atoms with Crippen LogP contribution in [-0.2, 0) is 17.3 Å². The van der Waals surface area contributed by atoms with Crippen molar-refractivity contribution in [1.82, 2.24) is 19.9 Å². The topological polar surface area (TPSA) is 92.0 Å². The van der Waals surface area contributed by atoms with Gasteiger partial charge in [-0.15, -0.1) is 0 Å². The zero-order chi connectivity index (χ0) is 12.6. The molecule has 3 rings (SSSR count). The van der Waals surface area contributed by atoms with E-state index in [1.807, 2.05) is 19.3 Å². The van der Waals surface area contributed by atoms with Crippen LogP contribution in [0.25, 0.3) is 11.5 Å². The Hall–Kier alpha value is -1.73. The first-order valence-electron chi connectivity index (χ1n) is 5.88. The Bertz CT molecular complexity index is 541. The predicted molar refractivity (Wildman–Crippen MR) is 62.4 cm³/mol. The molecule has 0 aliphatic carbocycles. The van der Waals surface area contributed by atoms with Crippen LogP contribution < -0.4 is 5.73 Å². The molecule has 0 saturated carbocycles. The van der Waals surface area contributed by atoms with Crippen molar-refractivity contribution in [2.75, 3.05) is 13.2 Å². The van der Waals surface area contributed by atoms with Crippen LogP contribution in [-0.4, -0.2) is 33.1 Å². The van der Waals surface area contributed by atoms with Gasteiger partial charge in [-0.1, -0.05) is 5.16 Å². The SMILES string of the molecule is Cn1ccc(-c2noc(C3(N)CCOCC3)n2)n1. The fraction of sp³-hybridized carbons (Fsp3) is 0.545.